The van der Waals surface area contributed by atoms with E-state index in [1.165, 1.54) is 115 Å². The molecule has 0 heterocycles. The highest BCUT2D eigenvalue weighted by atomic mass is 32.2. The lowest BCUT2D eigenvalue weighted by atomic mass is 10.2. The summed E-state index contributed by atoms with van der Waals surface area (Å²) < 4.78 is 68.9. The van der Waals surface area contributed by atoms with Crippen LogP contribution in [-0.4, -0.2) is 63.0 Å². The number of ether oxygens (including phenoxy) is 8. The monoisotopic (exact) mass is 638 g/mol. The molecule has 0 aliphatic carbocycles. The Labute approximate surface area is 259 Å². The highest BCUT2D eigenvalue weighted by molar-refractivity contribution is 7.91. The summed E-state index contributed by atoms with van der Waals surface area (Å²) >= 11 is 0. The van der Waals surface area contributed by atoms with Crippen LogP contribution in [0.1, 0.15) is 20.7 Å². The van der Waals surface area contributed by atoms with Crippen LogP contribution in [0, 0.1) is 0 Å². The first-order valence-corrected chi connectivity index (χ1v) is 14.6. The molecule has 13 heteroatoms. The summed E-state index contributed by atoms with van der Waals surface area (Å²) in [6.07, 6.45) is 0. The lowest BCUT2D eigenvalue weighted by Crippen LogP contribution is -2.10. The van der Waals surface area contributed by atoms with Gasteiger partial charge in [0.05, 0.1) is 63.6 Å². The van der Waals surface area contributed by atoms with Crippen LogP contribution in [0.15, 0.2) is 82.6 Å². The number of carbonyl (C=O) groups is 2. The van der Waals surface area contributed by atoms with Crippen LogP contribution in [0.25, 0.3) is 0 Å². The van der Waals surface area contributed by atoms with Crippen molar-refractivity contribution >= 4 is 21.8 Å². The minimum Gasteiger partial charge on any atom is -0.493 e. The third kappa shape index (κ3) is 6.88. The second kappa shape index (κ2) is 13.9. The van der Waals surface area contributed by atoms with Crippen LogP contribution >= 0.6 is 0 Å². The Balaban J connectivity index is 1.47. The molecule has 0 saturated heterocycles. The van der Waals surface area contributed by atoms with Crippen LogP contribution in [0.2, 0.25) is 0 Å². The van der Waals surface area contributed by atoms with E-state index >= 15 is 0 Å². The molecular weight excluding hydrogens is 608 g/mol. The fourth-order valence-corrected chi connectivity index (χ4v) is 5.50. The van der Waals surface area contributed by atoms with Crippen molar-refractivity contribution < 1.29 is 55.9 Å². The molecule has 0 unspecified atom stereocenters. The Morgan fingerprint density at radius 2 is 0.756 bits per heavy atom. The molecule has 0 fully saturated rings. The van der Waals surface area contributed by atoms with E-state index in [2.05, 4.69) is 0 Å². The molecule has 0 aliphatic heterocycles. The van der Waals surface area contributed by atoms with Gasteiger partial charge in [-0.25, -0.2) is 18.0 Å². The molecule has 0 aromatic heterocycles. The summed E-state index contributed by atoms with van der Waals surface area (Å²) in [5.41, 5.74) is 0.263. The van der Waals surface area contributed by atoms with Gasteiger partial charge in [-0.1, -0.05) is 0 Å². The third-order valence-electron chi connectivity index (χ3n) is 6.49. The fourth-order valence-electron chi connectivity index (χ4n) is 4.24. The van der Waals surface area contributed by atoms with E-state index in [1.54, 1.807) is 0 Å². The number of sulfone groups is 1. The van der Waals surface area contributed by atoms with E-state index in [9.17, 15) is 18.0 Å². The van der Waals surface area contributed by atoms with Gasteiger partial charge in [-0.3, -0.25) is 0 Å². The Kier molecular flexibility index (Phi) is 10.0. The van der Waals surface area contributed by atoms with Gasteiger partial charge in [-0.05, 0) is 72.8 Å². The van der Waals surface area contributed by atoms with Gasteiger partial charge in [0.25, 0.3) is 0 Å². The summed E-state index contributed by atoms with van der Waals surface area (Å²) in [6, 6.07) is 16.4. The Bertz CT molecular complexity index is 1620. The molecule has 0 amide bonds. The molecule has 0 radical (unpaired) electrons. The predicted molar refractivity (Wildman–Crippen MR) is 160 cm³/mol. The van der Waals surface area contributed by atoms with Gasteiger partial charge in [-0.2, -0.15) is 0 Å². The van der Waals surface area contributed by atoms with E-state index in [4.69, 9.17) is 37.9 Å². The zero-order valence-electron chi connectivity index (χ0n) is 25.2. The average Bonchev–Trinajstić information content (AvgIpc) is 3.07. The molecule has 4 aromatic carbocycles. The molecule has 0 spiro atoms. The van der Waals surface area contributed by atoms with Crippen molar-refractivity contribution in [1.29, 1.82) is 0 Å². The van der Waals surface area contributed by atoms with E-state index in [0.29, 0.717) is 11.5 Å². The first-order valence-electron chi connectivity index (χ1n) is 13.1. The second-order valence-corrected chi connectivity index (χ2v) is 11.0. The van der Waals surface area contributed by atoms with Gasteiger partial charge in [0.2, 0.25) is 21.3 Å². The minimum absolute atomic E-state index is 0.0442. The van der Waals surface area contributed by atoms with Gasteiger partial charge in [0, 0.05) is 0 Å². The van der Waals surface area contributed by atoms with Crippen LogP contribution in [0.4, 0.5) is 0 Å². The number of esters is 2. The minimum atomic E-state index is -3.96. The number of hydrogen-bond donors (Lipinski definition) is 0. The first kappa shape index (κ1) is 32.5. The van der Waals surface area contributed by atoms with Crippen LogP contribution in [0.5, 0.6) is 46.0 Å². The third-order valence-corrected chi connectivity index (χ3v) is 8.28. The summed E-state index contributed by atoms with van der Waals surface area (Å²) in [5.74, 6) is 0.497. The largest absolute Gasteiger partial charge is 0.493 e. The zero-order chi connectivity index (χ0) is 32.7. The van der Waals surface area contributed by atoms with Crippen molar-refractivity contribution in [3.63, 3.8) is 0 Å². The van der Waals surface area contributed by atoms with Crippen molar-refractivity contribution in [2.75, 3.05) is 42.7 Å². The molecule has 45 heavy (non-hydrogen) atoms. The quantitative estimate of drug-likeness (QED) is 0.152. The first-order chi connectivity index (χ1) is 21.6. The summed E-state index contributed by atoms with van der Waals surface area (Å²) in [4.78, 5) is 25.5. The van der Waals surface area contributed by atoms with Crippen molar-refractivity contribution in [3.05, 3.63) is 83.9 Å². The van der Waals surface area contributed by atoms with Gasteiger partial charge in [0.15, 0.2) is 23.0 Å². The molecule has 0 bridgehead atoms. The molecule has 236 valence electrons. The fraction of sp³-hybridized carbons (Fsp3) is 0.188. The summed E-state index contributed by atoms with van der Waals surface area (Å²) in [6.45, 7) is 0. The van der Waals surface area contributed by atoms with Gasteiger partial charge >= 0.3 is 11.9 Å². The molecule has 0 N–H and O–H groups in total. The Hall–Kier alpha value is -5.43. The average molecular weight is 639 g/mol. The maximum absolute atomic E-state index is 13.3. The van der Waals surface area contributed by atoms with E-state index < -0.39 is 21.8 Å². The molecule has 4 rings (SSSR count). The van der Waals surface area contributed by atoms with E-state index in [0.717, 1.165) is 0 Å². The number of hydrogen-bond acceptors (Lipinski definition) is 12. The van der Waals surface area contributed by atoms with Gasteiger partial charge < -0.3 is 37.9 Å². The van der Waals surface area contributed by atoms with E-state index in [1.807, 2.05) is 0 Å². The lowest BCUT2D eigenvalue weighted by molar-refractivity contribution is 0.0724. The van der Waals surface area contributed by atoms with Crippen LogP contribution in [-0.2, 0) is 9.84 Å². The SMILES string of the molecule is COc1cc(C(=O)Oc2ccc(S(=O)(=O)c3ccc(OC(=O)c4cc(OC)c(OC)c(OC)c4)cc3)cc2)cc(OC)c1OC. The van der Waals surface area contributed by atoms with Crippen molar-refractivity contribution in [3.8, 4) is 46.0 Å². The smallest absolute Gasteiger partial charge is 0.343 e. The van der Waals surface area contributed by atoms with Gasteiger partial charge in [-0.15, -0.1) is 0 Å². The Morgan fingerprint density at radius 1 is 0.467 bits per heavy atom. The number of methoxy groups -OCH3 is 6. The maximum Gasteiger partial charge on any atom is 0.343 e. The molecule has 12 nitrogen and oxygen atoms in total. The van der Waals surface area contributed by atoms with Crippen LogP contribution < -0.4 is 37.9 Å². The highest BCUT2D eigenvalue weighted by Crippen LogP contribution is 2.39. The Morgan fingerprint density at radius 3 is 1.00 bits per heavy atom. The normalized spacial score (nSPS) is 10.8. The van der Waals surface area contributed by atoms with Crippen molar-refractivity contribution in [1.82, 2.24) is 0 Å². The number of benzene rings is 4. The van der Waals surface area contributed by atoms with Crippen molar-refractivity contribution in [2.45, 2.75) is 9.79 Å². The summed E-state index contributed by atoms with van der Waals surface area (Å²) in [5, 5.41) is 0. The predicted octanol–water partition coefficient (Wildman–Crippen LogP) is 5.01. The molecular formula is C32H30O12S. The van der Waals surface area contributed by atoms with Gasteiger partial charge in [0.1, 0.15) is 11.5 Å². The summed E-state index contributed by atoms with van der Waals surface area (Å²) in [7, 11) is 4.60. The standard InChI is InChI=1S/C32H30O12S/c1-37-25-15-19(16-26(38-2)29(25)41-5)31(33)43-21-7-11-23(12-8-21)45(35,36)24-13-9-22(10-14-24)44-32(34)20-17-27(39-3)30(42-6)28(18-20)40-4/h7-18H,1-6H3. The lowest BCUT2D eigenvalue weighted by Gasteiger charge is -2.14. The van der Waals surface area contributed by atoms with Crippen molar-refractivity contribution in [2.24, 2.45) is 0 Å². The van der Waals surface area contributed by atoms with Crippen LogP contribution in [0.3, 0.4) is 0 Å². The highest BCUT2D eigenvalue weighted by Gasteiger charge is 2.22. The zero-order valence-corrected chi connectivity index (χ0v) is 26.1. The second-order valence-electron chi connectivity index (χ2n) is 9.05. The topological polar surface area (TPSA) is 142 Å². The molecule has 4 aromatic rings. The van der Waals surface area contributed by atoms with E-state index in [-0.39, 0.29) is 55.4 Å². The maximum atomic E-state index is 13.3. The number of rotatable bonds is 12. The molecule has 0 aliphatic rings. The molecule has 0 atom stereocenters. The number of carbonyl (C=O) groups excluding carboxylic acids is 2. The molecule has 0 saturated carbocycles.